The Balaban J connectivity index is 2.66. The van der Waals surface area contributed by atoms with Crippen molar-refractivity contribution >= 4 is 37.7 Å². The molecule has 0 bridgehead atoms. The number of benzene rings is 1. The van der Waals surface area contributed by atoms with Gasteiger partial charge in [0.15, 0.2) is 0 Å². The van der Waals surface area contributed by atoms with E-state index in [4.69, 9.17) is 0 Å². The highest BCUT2D eigenvalue weighted by molar-refractivity contribution is 9.10. The molecule has 0 amide bonds. The van der Waals surface area contributed by atoms with Gasteiger partial charge >= 0.3 is 0 Å². The van der Waals surface area contributed by atoms with Crippen LogP contribution in [0.15, 0.2) is 21.5 Å². The number of hydrogen-bond acceptors (Lipinski definition) is 3. The molecule has 114 valence electrons. The average molecular weight is 388 g/mol. The van der Waals surface area contributed by atoms with Gasteiger partial charge in [0.25, 0.3) is 0 Å². The lowest BCUT2D eigenvalue weighted by Crippen LogP contribution is -2.26. The number of hydrogen-bond donors (Lipinski definition) is 1. The van der Waals surface area contributed by atoms with Gasteiger partial charge in [0, 0.05) is 17.1 Å². The predicted molar refractivity (Wildman–Crippen MR) is 81.5 cm³/mol. The Hall–Kier alpha value is -0.180. The second kappa shape index (κ2) is 8.31. The zero-order chi connectivity index (χ0) is 15.2. The summed E-state index contributed by atoms with van der Waals surface area (Å²) in [5.41, 5.74) is 0. The van der Waals surface area contributed by atoms with Crippen LogP contribution in [0.1, 0.15) is 19.3 Å². The van der Waals surface area contributed by atoms with Crippen molar-refractivity contribution in [3.63, 3.8) is 0 Å². The molecule has 20 heavy (non-hydrogen) atoms. The molecule has 0 radical (unpaired) electrons. The molecule has 0 saturated carbocycles. The zero-order valence-corrected chi connectivity index (χ0v) is 14.2. The van der Waals surface area contributed by atoms with Gasteiger partial charge in [0.2, 0.25) is 10.0 Å². The Kier molecular flexibility index (Phi) is 7.42. The van der Waals surface area contributed by atoms with E-state index in [2.05, 4.69) is 20.7 Å². The maximum Gasteiger partial charge on any atom is 0.244 e. The highest BCUT2D eigenvalue weighted by Crippen LogP contribution is 2.26. The maximum atomic E-state index is 13.6. The summed E-state index contributed by atoms with van der Waals surface area (Å²) in [4.78, 5) is -0.553. The molecule has 1 aromatic rings. The first-order valence-corrected chi connectivity index (χ1v) is 9.68. The Morgan fingerprint density at radius 3 is 2.55 bits per heavy atom. The Bertz CT molecular complexity index is 529. The standard InChI is InChI=1S/C12H16BrF2NO2S2/c1-19-6-4-2-3-5-16-20(17,18)12-10(13)7-9(14)8-11(12)15/h7-8,16H,2-6H2,1H3. The quantitative estimate of drug-likeness (QED) is 0.693. The fourth-order valence-corrected chi connectivity index (χ4v) is 4.34. The number of nitrogens with one attached hydrogen (secondary N) is 1. The van der Waals surface area contributed by atoms with E-state index >= 15 is 0 Å². The molecule has 3 nitrogen and oxygen atoms in total. The molecule has 0 aliphatic heterocycles. The van der Waals surface area contributed by atoms with Crippen molar-refractivity contribution in [2.45, 2.75) is 24.2 Å². The van der Waals surface area contributed by atoms with Gasteiger partial charge in [-0.25, -0.2) is 21.9 Å². The molecule has 1 rings (SSSR count). The van der Waals surface area contributed by atoms with Crippen LogP contribution in [0.5, 0.6) is 0 Å². The third kappa shape index (κ3) is 5.31. The van der Waals surface area contributed by atoms with Crippen LogP contribution in [0.3, 0.4) is 0 Å². The van der Waals surface area contributed by atoms with E-state index in [0.29, 0.717) is 12.5 Å². The normalized spacial score (nSPS) is 11.8. The van der Waals surface area contributed by atoms with Gasteiger partial charge in [-0.3, -0.25) is 0 Å². The first-order chi connectivity index (χ1) is 9.38. The van der Waals surface area contributed by atoms with E-state index in [1.54, 1.807) is 11.8 Å². The summed E-state index contributed by atoms with van der Waals surface area (Å²) < 4.78 is 52.7. The van der Waals surface area contributed by atoms with Crippen molar-refractivity contribution in [1.82, 2.24) is 4.72 Å². The summed E-state index contributed by atoms with van der Waals surface area (Å²) in [7, 11) is -3.97. The molecule has 0 fully saturated rings. The van der Waals surface area contributed by atoms with E-state index in [-0.39, 0.29) is 11.0 Å². The fraction of sp³-hybridized carbons (Fsp3) is 0.500. The molecular formula is C12H16BrF2NO2S2. The molecule has 0 aliphatic rings. The molecule has 0 aliphatic carbocycles. The summed E-state index contributed by atoms with van der Waals surface area (Å²) in [6.07, 6.45) is 4.60. The van der Waals surface area contributed by atoms with E-state index in [9.17, 15) is 17.2 Å². The third-order valence-electron chi connectivity index (χ3n) is 2.55. The molecule has 1 N–H and O–H groups in total. The van der Waals surface area contributed by atoms with Crippen molar-refractivity contribution in [3.8, 4) is 0 Å². The highest BCUT2D eigenvalue weighted by atomic mass is 79.9. The summed E-state index contributed by atoms with van der Waals surface area (Å²) in [6.45, 7) is 0.236. The van der Waals surface area contributed by atoms with Crippen LogP contribution in [0, 0.1) is 11.6 Å². The third-order valence-corrected chi connectivity index (χ3v) is 5.67. The summed E-state index contributed by atoms with van der Waals surface area (Å²) in [6, 6.07) is 1.48. The molecular weight excluding hydrogens is 372 g/mol. The largest absolute Gasteiger partial charge is 0.244 e. The smallest absolute Gasteiger partial charge is 0.211 e. The topological polar surface area (TPSA) is 46.2 Å². The fourth-order valence-electron chi connectivity index (χ4n) is 1.61. The molecule has 0 atom stereocenters. The van der Waals surface area contributed by atoms with Crippen LogP contribution in [0.4, 0.5) is 8.78 Å². The van der Waals surface area contributed by atoms with E-state index in [1.807, 2.05) is 6.26 Å². The number of halogens is 3. The van der Waals surface area contributed by atoms with Crippen molar-refractivity contribution in [2.75, 3.05) is 18.6 Å². The number of sulfonamides is 1. The van der Waals surface area contributed by atoms with Gasteiger partial charge in [0.05, 0.1) is 0 Å². The first-order valence-electron chi connectivity index (χ1n) is 6.01. The minimum absolute atomic E-state index is 0.120. The van der Waals surface area contributed by atoms with Crippen molar-refractivity contribution in [3.05, 3.63) is 28.2 Å². The van der Waals surface area contributed by atoms with Crippen molar-refractivity contribution in [1.29, 1.82) is 0 Å². The molecule has 8 heteroatoms. The maximum absolute atomic E-state index is 13.6. The van der Waals surface area contributed by atoms with Crippen LogP contribution in [0.2, 0.25) is 0 Å². The molecule has 0 saturated heterocycles. The SMILES string of the molecule is CSCCCCCNS(=O)(=O)c1c(F)cc(F)cc1Br. The Morgan fingerprint density at radius 2 is 1.95 bits per heavy atom. The summed E-state index contributed by atoms with van der Waals surface area (Å²) >= 11 is 4.61. The summed E-state index contributed by atoms with van der Waals surface area (Å²) in [5.74, 6) is -0.901. The first kappa shape index (κ1) is 17.9. The molecule has 0 heterocycles. The average Bonchev–Trinajstić information content (AvgIpc) is 2.31. The van der Waals surface area contributed by atoms with Gasteiger partial charge in [-0.05, 0) is 46.8 Å². The van der Waals surface area contributed by atoms with Gasteiger partial charge in [-0.15, -0.1) is 0 Å². The number of rotatable bonds is 8. The zero-order valence-electron chi connectivity index (χ0n) is 11.0. The lowest BCUT2D eigenvalue weighted by atomic mass is 10.2. The van der Waals surface area contributed by atoms with Crippen LogP contribution in [-0.2, 0) is 10.0 Å². The minimum atomic E-state index is -3.97. The molecule has 1 aromatic carbocycles. The minimum Gasteiger partial charge on any atom is -0.211 e. The number of unbranched alkanes of at least 4 members (excludes halogenated alkanes) is 2. The lowest BCUT2D eigenvalue weighted by Gasteiger charge is -2.09. The van der Waals surface area contributed by atoms with Crippen molar-refractivity contribution in [2.24, 2.45) is 0 Å². The van der Waals surface area contributed by atoms with Crippen molar-refractivity contribution < 1.29 is 17.2 Å². The van der Waals surface area contributed by atoms with Crippen LogP contribution >= 0.6 is 27.7 Å². The molecule has 0 aromatic heterocycles. The Labute approximate surface area is 130 Å². The summed E-state index contributed by atoms with van der Waals surface area (Å²) in [5, 5.41) is 0. The van der Waals surface area contributed by atoms with E-state index < -0.39 is 26.6 Å². The van der Waals surface area contributed by atoms with Crippen LogP contribution in [0.25, 0.3) is 0 Å². The van der Waals surface area contributed by atoms with Gasteiger partial charge in [-0.2, -0.15) is 11.8 Å². The van der Waals surface area contributed by atoms with E-state index in [1.165, 1.54) is 0 Å². The number of thioether (sulfide) groups is 1. The second-order valence-electron chi connectivity index (χ2n) is 4.15. The van der Waals surface area contributed by atoms with E-state index in [0.717, 1.165) is 24.7 Å². The monoisotopic (exact) mass is 387 g/mol. The second-order valence-corrected chi connectivity index (χ2v) is 7.69. The van der Waals surface area contributed by atoms with Gasteiger partial charge in [-0.1, -0.05) is 6.42 Å². The molecule has 0 spiro atoms. The Morgan fingerprint density at radius 1 is 1.25 bits per heavy atom. The van der Waals surface area contributed by atoms with Crippen LogP contribution in [-0.4, -0.2) is 27.0 Å². The predicted octanol–water partition coefficient (Wildman–Crippen LogP) is 3.54. The van der Waals surface area contributed by atoms with Crippen LogP contribution < -0.4 is 4.72 Å². The highest BCUT2D eigenvalue weighted by Gasteiger charge is 2.23. The molecule has 0 unspecified atom stereocenters. The lowest BCUT2D eigenvalue weighted by molar-refractivity contribution is 0.539. The van der Waals surface area contributed by atoms with Gasteiger partial charge in [0.1, 0.15) is 16.5 Å². The van der Waals surface area contributed by atoms with Gasteiger partial charge < -0.3 is 0 Å².